The minimum Gasteiger partial charge on any atom is -0.399 e. The lowest BCUT2D eigenvalue weighted by Gasteiger charge is -2.17. The molecule has 1 saturated carbocycles. The van der Waals surface area contributed by atoms with E-state index in [2.05, 4.69) is 0 Å². The van der Waals surface area contributed by atoms with E-state index >= 15 is 0 Å². The van der Waals surface area contributed by atoms with Crippen molar-refractivity contribution < 1.29 is 13.2 Å². The van der Waals surface area contributed by atoms with Crippen LogP contribution in [0.15, 0.2) is 29.2 Å². The fourth-order valence-corrected chi connectivity index (χ4v) is 2.91. The fourth-order valence-electron chi connectivity index (χ4n) is 1.70. The Labute approximate surface area is 114 Å². The Bertz CT molecular complexity index is 526. The van der Waals surface area contributed by atoms with Crippen molar-refractivity contribution in [3.8, 4) is 0 Å². The summed E-state index contributed by atoms with van der Waals surface area (Å²) in [4.78, 5) is 0.220. The minimum absolute atomic E-state index is 0.220. The molecule has 6 heteroatoms. The van der Waals surface area contributed by atoms with Crippen LogP contribution in [0.2, 0.25) is 0 Å². The third-order valence-corrected chi connectivity index (χ3v) is 5.02. The molecule has 0 amide bonds. The van der Waals surface area contributed by atoms with Gasteiger partial charge in [-0.1, -0.05) is 6.07 Å². The number of nitrogens with zero attached hydrogens (tertiary/aromatic N) is 1. The van der Waals surface area contributed by atoms with Gasteiger partial charge in [0.1, 0.15) is 0 Å². The highest BCUT2D eigenvalue weighted by Crippen LogP contribution is 2.28. The Morgan fingerprint density at radius 2 is 2.16 bits per heavy atom. The predicted molar refractivity (Wildman–Crippen MR) is 74.2 cm³/mol. The summed E-state index contributed by atoms with van der Waals surface area (Å²) in [6, 6.07) is 6.32. The molecule has 0 heterocycles. The van der Waals surface area contributed by atoms with Crippen molar-refractivity contribution in [2.75, 3.05) is 32.5 Å². The Kier molecular flexibility index (Phi) is 4.44. The highest BCUT2D eigenvalue weighted by Gasteiger charge is 2.23. The number of hydrogen-bond acceptors (Lipinski definition) is 4. The SMILES string of the molecule is CN(CCOCC1CC1)S(=O)(=O)c1cccc(N)c1. The van der Waals surface area contributed by atoms with Crippen LogP contribution in [-0.2, 0) is 14.8 Å². The van der Waals surface area contributed by atoms with Crippen molar-refractivity contribution in [2.45, 2.75) is 17.7 Å². The van der Waals surface area contributed by atoms with Gasteiger partial charge in [0.15, 0.2) is 0 Å². The number of rotatable bonds is 7. The lowest BCUT2D eigenvalue weighted by Crippen LogP contribution is -2.30. The van der Waals surface area contributed by atoms with Crippen molar-refractivity contribution in [2.24, 2.45) is 5.92 Å². The van der Waals surface area contributed by atoms with E-state index in [4.69, 9.17) is 10.5 Å². The number of anilines is 1. The van der Waals surface area contributed by atoms with Crippen LogP contribution in [-0.4, -0.2) is 39.5 Å². The first kappa shape index (κ1) is 14.3. The number of sulfonamides is 1. The second-order valence-corrected chi connectivity index (χ2v) is 6.96. The number of benzene rings is 1. The van der Waals surface area contributed by atoms with E-state index in [0.717, 1.165) is 6.61 Å². The van der Waals surface area contributed by atoms with Gasteiger partial charge in [-0.3, -0.25) is 0 Å². The largest absolute Gasteiger partial charge is 0.399 e. The maximum atomic E-state index is 12.2. The molecule has 106 valence electrons. The predicted octanol–water partition coefficient (Wildman–Crippen LogP) is 1.32. The number of likely N-dealkylation sites (N-methyl/N-ethyl adjacent to an activating group) is 1. The van der Waals surface area contributed by atoms with Crippen LogP contribution in [0, 0.1) is 5.92 Å². The summed E-state index contributed by atoms with van der Waals surface area (Å²) in [6.07, 6.45) is 2.47. The smallest absolute Gasteiger partial charge is 0.242 e. The van der Waals surface area contributed by atoms with Gasteiger partial charge in [-0.15, -0.1) is 0 Å². The molecule has 0 radical (unpaired) electrons. The summed E-state index contributed by atoms with van der Waals surface area (Å²) in [5.74, 6) is 0.691. The molecule has 0 atom stereocenters. The molecule has 5 nitrogen and oxygen atoms in total. The van der Waals surface area contributed by atoms with Crippen LogP contribution in [0.1, 0.15) is 12.8 Å². The number of hydrogen-bond donors (Lipinski definition) is 1. The van der Waals surface area contributed by atoms with Gasteiger partial charge in [-0.05, 0) is 37.0 Å². The van der Waals surface area contributed by atoms with Gasteiger partial charge in [0, 0.05) is 25.9 Å². The molecule has 0 bridgehead atoms. The van der Waals surface area contributed by atoms with E-state index in [1.54, 1.807) is 25.2 Å². The highest BCUT2D eigenvalue weighted by molar-refractivity contribution is 7.89. The molecule has 19 heavy (non-hydrogen) atoms. The van der Waals surface area contributed by atoms with Crippen molar-refractivity contribution in [1.29, 1.82) is 0 Å². The summed E-state index contributed by atoms with van der Waals surface area (Å²) >= 11 is 0. The lowest BCUT2D eigenvalue weighted by molar-refractivity contribution is 0.117. The molecule has 1 aliphatic carbocycles. The minimum atomic E-state index is -3.47. The van der Waals surface area contributed by atoms with Gasteiger partial charge >= 0.3 is 0 Å². The van der Waals surface area contributed by atoms with Gasteiger partial charge in [0.05, 0.1) is 11.5 Å². The molecule has 0 saturated heterocycles. The van der Waals surface area contributed by atoms with Crippen molar-refractivity contribution in [3.63, 3.8) is 0 Å². The quantitative estimate of drug-likeness (QED) is 0.605. The second kappa shape index (κ2) is 5.90. The average molecular weight is 284 g/mol. The topological polar surface area (TPSA) is 72.6 Å². The second-order valence-electron chi connectivity index (χ2n) is 4.92. The number of nitrogens with two attached hydrogens (primary N) is 1. The van der Waals surface area contributed by atoms with Gasteiger partial charge in [0.25, 0.3) is 0 Å². The normalized spacial score (nSPS) is 15.9. The van der Waals surface area contributed by atoms with Crippen LogP contribution in [0.25, 0.3) is 0 Å². The molecule has 0 aliphatic heterocycles. The molecule has 1 aromatic carbocycles. The van der Waals surface area contributed by atoms with E-state index < -0.39 is 10.0 Å². The van der Waals surface area contributed by atoms with E-state index in [0.29, 0.717) is 24.8 Å². The molecule has 2 rings (SSSR count). The zero-order valence-electron chi connectivity index (χ0n) is 11.1. The Balaban J connectivity index is 1.90. The molecular formula is C13H20N2O3S. The van der Waals surface area contributed by atoms with Crippen LogP contribution >= 0.6 is 0 Å². The first-order valence-electron chi connectivity index (χ1n) is 6.40. The van der Waals surface area contributed by atoms with E-state index in [-0.39, 0.29) is 4.90 Å². The van der Waals surface area contributed by atoms with E-state index in [1.807, 2.05) is 0 Å². The first-order chi connectivity index (χ1) is 9.00. The van der Waals surface area contributed by atoms with E-state index in [1.165, 1.54) is 23.2 Å². The third kappa shape index (κ3) is 3.92. The maximum absolute atomic E-state index is 12.2. The van der Waals surface area contributed by atoms with Crippen LogP contribution in [0.3, 0.4) is 0 Å². The zero-order chi connectivity index (χ0) is 13.9. The van der Waals surface area contributed by atoms with Crippen molar-refractivity contribution in [3.05, 3.63) is 24.3 Å². The molecular weight excluding hydrogens is 264 g/mol. The first-order valence-corrected chi connectivity index (χ1v) is 7.84. The maximum Gasteiger partial charge on any atom is 0.242 e. The van der Waals surface area contributed by atoms with Gasteiger partial charge in [-0.2, -0.15) is 4.31 Å². The third-order valence-electron chi connectivity index (χ3n) is 3.17. The lowest BCUT2D eigenvalue weighted by atomic mass is 10.3. The van der Waals surface area contributed by atoms with Crippen molar-refractivity contribution in [1.82, 2.24) is 4.31 Å². The Morgan fingerprint density at radius 3 is 2.79 bits per heavy atom. The monoisotopic (exact) mass is 284 g/mol. The average Bonchev–Trinajstić information content (AvgIpc) is 3.18. The Hall–Kier alpha value is -1.11. The number of ether oxygens (including phenoxy) is 1. The van der Waals surface area contributed by atoms with Gasteiger partial charge in [0.2, 0.25) is 10.0 Å². The fraction of sp³-hybridized carbons (Fsp3) is 0.538. The molecule has 1 aliphatic rings. The summed E-state index contributed by atoms with van der Waals surface area (Å²) in [5.41, 5.74) is 6.05. The molecule has 0 aromatic heterocycles. The zero-order valence-corrected chi connectivity index (χ0v) is 11.9. The number of nitrogen functional groups attached to an aromatic ring is 1. The van der Waals surface area contributed by atoms with Crippen molar-refractivity contribution >= 4 is 15.7 Å². The highest BCUT2D eigenvalue weighted by atomic mass is 32.2. The molecule has 0 spiro atoms. The van der Waals surface area contributed by atoms with Crippen LogP contribution in [0.4, 0.5) is 5.69 Å². The van der Waals surface area contributed by atoms with Gasteiger partial charge < -0.3 is 10.5 Å². The molecule has 2 N–H and O–H groups in total. The molecule has 0 unspecified atom stereocenters. The summed E-state index contributed by atoms with van der Waals surface area (Å²) < 4.78 is 31.2. The van der Waals surface area contributed by atoms with Crippen LogP contribution < -0.4 is 5.73 Å². The van der Waals surface area contributed by atoms with Gasteiger partial charge in [-0.25, -0.2) is 8.42 Å². The summed E-state index contributed by atoms with van der Waals surface area (Å²) in [6.45, 7) is 1.52. The summed E-state index contributed by atoms with van der Waals surface area (Å²) in [5, 5.41) is 0. The Morgan fingerprint density at radius 1 is 1.42 bits per heavy atom. The molecule has 1 aromatic rings. The van der Waals surface area contributed by atoms with Crippen LogP contribution in [0.5, 0.6) is 0 Å². The standard InChI is InChI=1S/C13H20N2O3S/c1-15(7-8-18-10-11-5-6-11)19(16,17)13-4-2-3-12(14)9-13/h2-4,9,11H,5-8,10,14H2,1H3. The summed E-state index contributed by atoms with van der Waals surface area (Å²) in [7, 11) is -1.92. The van der Waals surface area contributed by atoms with E-state index in [9.17, 15) is 8.42 Å². The molecule has 1 fully saturated rings.